The number of hydrogen-bond donors (Lipinski definition) is 1. The Labute approximate surface area is 120 Å². The van der Waals surface area contributed by atoms with E-state index in [4.69, 9.17) is 0 Å². The number of benzene rings is 1. The maximum atomic E-state index is 12.9. The fraction of sp³-hybridized carbons (Fsp3) is 0.588. The molecule has 0 bridgehead atoms. The largest absolute Gasteiger partial charge is 0.338 e. The van der Waals surface area contributed by atoms with Crippen LogP contribution in [-0.2, 0) is 11.2 Å². The number of rotatable bonds is 2. The topological polar surface area (TPSA) is 32.3 Å². The van der Waals surface area contributed by atoms with Crippen molar-refractivity contribution < 1.29 is 4.79 Å². The number of likely N-dealkylation sites (tertiary alicyclic amines) is 1. The van der Waals surface area contributed by atoms with Crippen LogP contribution in [0, 0.1) is 0 Å². The summed E-state index contributed by atoms with van der Waals surface area (Å²) in [6, 6.07) is 9.38. The fourth-order valence-corrected chi connectivity index (χ4v) is 4.20. The Morgan fingerprint density at radius 2 is 2.10 bits per heavy atom. The monoisotopic (exact) mass is 270 g/mol. The number of fused-ring (bicyclic) bond motifs is 1. The van der Waals surface area contributed by atoms with Gasteiger partial charge in [-0.15, -0.1) is 0 Å². The lowest BCUT2D eigenvalue weighted by atomic mass is 9.76. The molecule has 3 heteroatoms. The molecule has 20 heavy (non-hydrogen) atoms. The lowest BCUT2D eigenvalue weighted by molar-refractivity contribution is -0.134. The Morgan fingerprint density at radius 3 is 2.90 bits per heavy atom. The van der Waals surface area contributed by atoms with Gasteiger partial charge in [-0.05, 0) is 49.8 Å². The Balaban J connectivity index is 1.51. The van der Waals surface area contributed by atoms with E-state index in [2.05, 4.69) is 34.5 Å². The van der Waals surface area contributed by atoms with Crippen LogP contribution in [0.15, 0.2) is 24.3 Å². The molecule has 4 rings (SSSR count). The first-order chi connectivity index (χ1) is 9.84. The van der Waals surface area contributed by atoms with Crippen molar-refractivity contribution in [3.63, 3.8) is 0 Å². The zero-order valence-corrected chi connectivity index (χ0v) is 11.8. The summed E-state index contributed by atoms with van der Waals surface area (Å²) in [7, 11) is 0. The van der Waals surface area contributed by atoms with Crippen LogP contribution in [-0.4, -0.2) is 36.0 Å². The number of hydrogen-bond acceptors (Lipinski definition) is 2. The van der Waals surface area contributed by atoms with Gasteiger partial charge >= 0.3 is 0 Å². The molecular weight excluding hydrogens is 248 g/mol. The van der Waals surface area contributed by atoms with Crippen LogP contribution in [0.5, 0.6) is 0 Å². The van der Waals surface area contributed by atoms with E-state index in [1.54, 1.807) is 0 Å². The average Bonchev–Trinajstić information content (AvgIpc) is 3.10. The Kier molecular flexibility index (Phi) is 3.03. The summed E-state index contributed by atoms with van der Waals surface area (Å²) in [5, 5.41) is 3.58. The molecule has 3 unspecified atom stereocenters. The van der Waals surface area contributed by atoms with Crippen molar-refractivity contribution in [2.75, 3.05) is 13.1 Å². The highest BCUT2D eigenvalue weighted by Crippen LogP contribution is 2.38. The molecule has 1 aromatic rings. The number of nitrogens with one attached hydrogen (secondary N) is 1. The average molecular weight is 270 g/mol. The molecule has 1 aromatic carbocycles. The Hall–Kier alpha value is -1.35. The van der Waals surface area contributed by atoms with E-state index in [9.17, 15) is 4.79 Å². The molecule has 3 nitrogen and oxygen atoms in total. The first-order valence-electron chi connectivity index (χ1n) is 7.96. The van der Waals surface area contributed by atoms with Gasteiger partial charge in [-0.25, -0.2) is 0 Å². The van der Waals surface area contributed by atoms with Gasteiger partial charge in [-0.2, -0.15) is 0 Å². The molecular formula is C17H22N2O. The van der Waals surface area contributed by atoms with E-state index in [0.717, 1.165) is 19.5 Å². The Morgan fingerprint density at radius 1 is 1.20 bits per heavy atom. The third kappa shape index (κ3) is 1.87. The first kappa shape index (κ1) is 12.4. The lowest BCUT2D eigenvalue weighted by Crippen LogP contribution is -2.49. The summed E-state index contributed by atoms with van der Waals surface area (Å²) in [6.07, 6.45) is 5.78. The van der Waals surface area contributed by atoms with E-state index in [0.29, 0.717) is 18.0 Å². The van der Waals surface area contributed by atoms with Crippen molar-refractivity contribution >= 4 is 5.91 Å². The van der Waals surface area contributed by atoms with E-state index in [1.807, 2.05) is 0 Å². The van der Waals surface area contributed by atoms with Crippen LogP contribution in [0.25, 0.3) is 0 Å². The van der Waals surface area contributed by atoms with Crippen molar-refractivity contribution in [2.24, 2.45) is 0 Å². The second-order valence-electron chi connectivity index (χ2n) is 6.40. The van der Waals surface area contributed by atoms with Gasteiger partial charge in [0.25, 0.3) is 0 Å². The molecule has 2 saturated heterocycles. The summed E-state index contributed by atoms with van der Waals surface area (Å²) < 4.78 is 0. The maximum Gasteiger partial charge on any atom is 0.230 e. The van der Waals surface area contributed by atoms with E-state index in [-0.39, 0.29) is 5.92 Å². The van der Waals surface area contributed by atoms with Gasteiger partial charge in [0, 0.05) is 18.6 Å². The highest BCUT2D eigenvalue weighted by molar-refractivity contribution is 5.87. The van der Waals surface area contributed by atoms with Crippen molar-refractivity contribution in [1.29, 1.82) is 0 Å². The molecule has 0 radical (unpaired) electrons. The minimum atomic E-state index is 0.133. The second-order valence-corrected chi connectivity index (χ2v) is 6.40. The highest BCUT2D eigenvalue weighted by atomic mass is 16.2. The van der Waals surface area contributed by atoms with Crippen LogP contribution in [0.4, 0.5) is 0 Å². The van der Waals surface area contributed by atoms with Crippen LogP contribution < -0.4 is 5.32 Å². The van der Waals surface area contributed by atoms with Gasteiger partial charge in [-0.3, -0.25) is 4.79 Å². The lowest BCUT2D eigenvalue weighted by Gasteiger charge is -2.36. The fourth-order valence-electron chi connectivity index (χ4n) is 4.20. The van der Waals surface area contributed by atoms with E-state index in [1.165, 1.54) is 36.8 Å². The zero-order valence-electron chi connectivity index (χ0n) is 11.8. The number of carbonyl (C=O) groups excluding carboxylic acids is 1. The normalized spacial score (nSPS) is 32.0. The third-order valence-electron chi connectivity index (χ3n) is 5.30. The predicted octanol–water partition coefficient (Wildman–Crippen LogP) is 2.07. The smallest absolute Gasteiger partial charge is 0.230 e. The zero-order chi connectivity index (χ0) is 13.5. The summed E-state index contributed by atoms with van der Waals surface area (Å²) in [5.41, 5.74) is 2.63. The molecule has 3 atom stereocenters. The molecule has 2 aliphatic heterocycles. The standard InChI is InChI=1S/C17H22N2O/c20-17(14-11-12-5-1-2-6-13(12)14)19-10-4-8-16(19)15-7-3-9-18-15/h1-2,5-6,14-16,18H,3-4,7-11H2. The third-order valence-corrected chi connectivity index (χ3v) is 5.30. The molecule has 1 N–H and O–H groups in total. The van der Waals surface area contributed by atoms with Crippen LogP contribution in [0.1, 0.15) is 42.7 Å². The van der Waals surface area contributed by atoms with Crippen molar-refractivity contribution in [2.45, 2.75) is 50.1 Å². The molecule has 2 heterocycles. The molecule has 0 spiro atoms. The molecule has 1 amide bonds. The molecule has 3 aliphatic rings. The first-order valence-corrected chi connectivity index (χ1v) is 7.96. The molecule has 1 aliphatic carbocycles. The summed E-state index contributed by atoms with van der Waals surface area (Å²) in [6.45, 7) is 2.08. The quantitative estimate of drug-likeness (QED) is 0.892. The minimum Gasteiger partial charge on any atom is -0.338 e. The summed E-state index contributed by atoms with van der Waals surface area (Å²) in [5.74, 6) is 0.508. The molecule has 0 aromatic heterocycles. The number of amides is 1. The second kappa shape index (κ2) is 4.88. The summed E-state index contributed by atoms with van der Waals surface area (Å²) in [4.78, 5) is 15.0. The predicted molar refractivity (Wildman–Crippen MR) is 78.6 cm³/mol. The number of carbonyl (C=O) groups is 1. The van der Waals surface area contributed by atoms with Gasteiger partial charge in [0.2, 0.25) is 5.91 Å². The molecule has 0 saturated carbocycles. The maximum absolute atomic E-state index is 12.9. The van der Waals surface area contributed by atoms with Crippen LogP contribution in [0.3, 0.4) is 0 Å². The van der Waals surface area contributed by atoms with Crippen molar-refractivity contribution in [3.05, 3.63) is 35.4 Å². The molecule has 106 valence electrons. The molecule has 2 fully saturated rings. The highest BCUT2D eigenvalue weighted by Gasteiger charge is 2.41. The van der Waals surface area contributed by atoms with Crippen LogP contribution >= 0.6 is 0 Å². The Bertz CT molecular complexity index is 521. The van der Waals surface area contributed by atoms with E-state index < -0.39 is 0 Å². The van der Waals surface area contributed by atoms with Gasteiger partial charge in [0.05, 0.1) is 5.92 Å². The SMILES string of the molecule is O=C(C1Cc2ccccc21)N1CCCC1C1CCCN1. The summed E-state index contributed by atoms with van der Waals surface area (Å²) >= 11 is 0. The van der Waals surface area contributed by atoms with Gasteiger partial charge in [0.15, 0.2) is 0 Å². The van der Waals surface area contributed by atoms with Gasteiger partial charge in [0.1, 0.15) is 0 Å². The van der Waals surface area contributed by atoms with Gasteiger partial charge < -0.3 is 10.2 Å². The van der Waals surface area contributed by atoms with Crippen molar-refractivity contribution in [3.8, 4) is 0 Å². The van der Waals surface area contributed by atoms with E-state index >= 15 is 0 Å². The number of nitrogens with zero attached hydrogens (tertiary/aromatic N) is 1. The van der Waals surface area contributed by atoms with Crippen molar-refractivity contribution in [1.82, 2.24) is 10.2 Å². The van der Waals surface area contributed by atoms with Crippen LogP contribution in [0.2, 0.25) is 0 Å². The minimum absolute atomic E-state index is 0.133. The van der Waals surface area contributed by atoms with Gasteiger partial charge in [-0.1, -0.05) is 24.3 Å².